The van der Waals surface area contributed by atoms with E-state index in [9.17, 15) is 19.2 Å². The average molecular weight is 315 g/mol. The van der Waals surface area contributed by atoms with Crippen LogP contribution in [0, 0.1) is 0 Å². The van der Waals surface area contributed by atoms with E-state index in [-0.39, 0.29) is 17.2 Å². The molecule has 1 aromatic rings. The fourth-order valence-corrected chi connectivity index (χ4v) is 1.65. The summed E-state index contributed by atoms with van der Waals surface area (Å²) in [6.45, 7) is -0.610. The van der Waals surface area contributed by atoms with Gasteiger partial charge < -0.3 is 15.3 Å². The fraction of sp³-hybridized carbons (Fsp3) is 0.111. The molecule has 1 aromatic heterocycles. The van der Waals surface area contributed by atoms with Crippen molar-refractivity contribution in [3.05, 3.63) is 11.1 Å². The quantitative estimate of drug-likeness (QED) is 0.240. The Morgan fingerprint density at radius 3 is 2.81 bits per heavy atom. The van der Waals surface area contributed by atoms with Gasteiger partial charge >= 0.3 is 5.97 Å². The first kappa shape index (κ1) is 16.0. The molecule has 21 heavy (non-hydrogen) atoms. The summed E-state index contributed by atoms with van der Waals surface area (Å²) in [5.74, 6) is -2.17. The molecule has 12 heteroatoms. The van der Waals surface area contributed by atoms with E-state index in [0.717, 1.165) is 11.3 Å². The first-order chi connectivity index (χ1) is 10.1. The number of oxime groups is 1. The Morgan fingerprint density at radius 2 is 2.19 bits per heavy atom. The molecule has 0 aliphatic rings. The van der Waals surface area contributed by atoms with E-state index in [1.807, 2.05) is 10.9 Å². The first-order valence-corrected chi connectivity index (χ1v) is 6.03. The lowest BCUT2D eigenvalue weighted by molar-refractivity contribution is -0.130. The topological polar surface area (TPSA) is 159 Å². The number of nitrogens with zero attached hydrogens (tertiary/aromatic N) is 2. The molecule has 0 aliphatic heterocycles. The van der Waals surface area contributed by atoms with Crippen molar-refractivity contribution in [3.8, 4) is 0 Å². The highest BCUT2D eigenvalue weighted by Crippen LogP contribution is 2.15. The molecular formula is C9H9N5O6S. The maximum Gasteiger partial charge on any atom is 0.360 e. The summed E-state index contributed by atoms with van der Waals surface area (Å²) in [6, 6.07) is 0. The number of aliphatic carboxylic acids is 1. The van der Waals surface area contributed by atoms with E-state index in [2.05, 4.69) is 20.3 Å². The van der Waals surface area contributed by atoms with Crippen LogP contribution in [-0.2, 0) is 24.0 Å². The van der Waals surface area contributed by atoms with Gasteiger partial charge in [-0.15, -0.1) is 11.3 Å². The van der Waals surface area contributed by atoms with Crippen molar-refractivity contribution < 1.29 is 29.1 Å². The van der Waals surface area contributed by atoms with Crippen molar-refractivity contribution in [1.82, 2.24) is 15.8 Å². The SMILES string of the molecule is O=CNNC(=O)CO/N=C(/C(=O)O)c1csc(NC=O)n1. The smallest absolute Gasteiger partial charge is 0.360 e. The van der Waals surface area contributed by atoms with E-state index in [1.165, 1.54) is 5.38 Å². The summed E-state index contributed by atoms with van der Waals surface area (Å²) in [4.78, 5) is 50.6. The number of amides is 3. The molecule has 3 amide bonds. The van der Waals surface area contributed by atoms with Crippen LogP contribution < -0.4 is 16.2 Å². The molecule has 0 aliphatic carbocycles. The average Bonchev–Trinajstić information content (AvgIpc) is 2.89. The van der Waals surface area contributed by atoms with Gasteiger partial charge in [0.2, 0.25) is 18.5 Å². The highest BCUT2D eigenvalue weighted by molar-refractivity contribution is 7.14. The van der Waals surface area contributed by atoms with Crippen LogP contribution in [0.25, 0.3) is 0 Å². The standard InChI is InChI=1S/C9H9N5O6S/c15-3-10-9-12-5(2-21-9)7(8(18)19)14-20-1-6(17)13-11-4-16/h2-4H,1H2,(H,11,16)(H,13,17)(H,18,19)(H,10,12,15)/b14-7+. The van der Waals surface area contributed by atoms with Gasteiger partial charge in [0.1, 0.15) is 5.69 Å². The number of hydrogen-bond acceptors (Lipinski definition) is 8. The lowest BCUT2D eigenvalue weighted by atomic mass is 10.3. The minimum Gasteiger partial charge on any atom is -0.476 e. The molecular weight excluding hydrogens is 306 g/mol. The van der Waals surface area contributed by atoms with E-state index in [1.54, 1.807) is 0 Å². The highest BCUT2D eigenvalue weighted by atomic mass is 32.1. The number of rotatable bonds is 9. The molecule has 0 fully saturated rings. The Hall–Kier alpha value is -3.02. The maximum atomic E-state index is 11.0. The Labute approximate surface area is 121 Å². The van der Waals surface area contributed by atoms with E-state index in [0.29, 0.717) is 6.41 Å². The Kier molecular flexibility index (Phi) is 6.27. The molecule has 11 nitrogen and oxygen atoms in total. The third-order valence-electron chi connectivity index (χ3n) is 1.75. The summed E-state index contributed by atoms with van der Waals surface area (Å²) >= 11 is 0.989. The molecule has 0 saturated carbocycles. The summed E-state index contributed by atoms with van der Waals surface area (Å²) in [5.41, 5.74) is 3.24. The van der Waals surface area contributed by atoms with E-state index >= 15 is 0 Å². The molecule has 0 spiro atoms. The number of carbonyl (C=O) groups is 4. The third kappa shape index (κ3) is 5.23. The second-order valence-electron chi connectivity index (χ2n) is 3.13. The van der Waals surface area contributed by atoms with Gasteiger partial charge in [-0.2, -0.15) is 0 Å². The van der Waals surface area contributed by atoms with Crippen molar-refractivity contribution in [1.29, 1.82) is 0 Å². The second-order valence-corrected chi connectivity index (χ2v) is 3.99. The normalized spacial score (nSPS) is 10.4. The van der Waals surface area contributed by atoms with Crippen molar-refractivity contribution in [2.24, 2.45) is 5.16 Å². The van der Waals surface area contributed by atoms with Gasteiger partial charge in [-0.05, 0) is 0 Å². The predicted molar refractivity (Wildman–Crippen MR) is 69.3 cm³/mol. The van der Waals surface area contributed by atoms with Crippen molar-refractivity contribution in [2.75, 3.05) is 11.9 Å². The summed E-state index contributed by atoms with van der Waals surface area (Å²) in [7, 11) is 0. The van der Waals surface area contributed by atoms with Gasteiger partial charge in [0.05, 0.1) is 0 Å². The number of hydrogen-bond donors (Lipinski definition) is 4. The maximum absolute atomic E-state index is 11.0. The van der Waals surface area contributed by atoms with Gasteiger partial charge in [0, 0.05) is 5.38 Å². The number of carboxylic acids is 1. The predicted octanol–water partition coefficient (Wildman–Crippen LogP) is -1.71. The van der Waals surface area contributed by atoms with Gasteiger partial charge in [0.15, 0.2) is 11.7 Å². The van der Waals surface area contributed by atoms with Crippen LogP contribution in [-0.4, -0.2) is 47.1 Å². The van der Waals surface area contributed by atoms with Gasteiger partial charge in [-0.1, -0.05) is 5.16 Å². The third-order valence-corrected chi connectivity index (χ3v) is 2.53. The zero-order valence-electron chi connectivity index (χ0n) is 10.2. The number of aromatic nitrogens is 1. The molecule has 0 saturated heterocycles. The lowest BCUT2D eigenvalue weighted by Crippen LogP contribution is -2.38. The molecule has 112 valence electrons. The van der Waals surface area contributed by atoms with Crippen LogP contribution in [0.3, 0.4) is 0 Å². The number of thiazole rings is 1. The Balaban J connectivity index is 2.69. The van der Waals surface area contributed by atoms with Crippen LogP contribution in [0.5, 0.6) is 0 Å². The summed E-state index contributed by atoms with van der Waals surface area (Å²) in [6.07, 6.45) is 0.627. The molecule has 0 atom stereocenters. The lowest BCUT2D eigenvalue weighted by Gasteiger charge is -2.02. The Bertz CT molecular complexity index is 571. The number of carboxylic acid groups (broad SMARTS) is 1. The van der Waals surface area contributed by atoms with Crippen LogP contribution in [0.15, 0.2) is 10.5 Å². The molecule has 0 radical (unpaired) electrons. The molecule has 0 unspecified atom stereocenters. The number of hydrazine groups is 1. The Morgan fingerprint density at radius 1 is 1.43 bits per heavy atom. The minimum atomic E-state index is -1.43. The van der Waals surface area contributed by atoms with Crippen LogP contribution >= 0.6 is 11.3 Å². The van der Waals surface area contributed by atoms with Crippen molar-refractivity contribution in [3.63, 3.8) is 0 Å². The number of carbonyl (C=O) groups excluding carboxylic acids is 3. The number of anilines is 1. The minimum absolute atomic E-state index is 0.0386. The fourth-order valence-electron chi connectivity index (χ4n) is 0.996. The molecule has 4 N–H and O–H groups in total. The zero-order valence-corrected chi connectivity index (χ0v) is 11.0. The van der Waals surface area contributed by atoms with Gasteiger partial charge in [-0.25, -0.2) is 9.78 Å². The van der Waals surface area contributed by atoms with Gasteiger partial charge in [0.25, 0.3) is 5.91 Å². The van der Waals surface area contributed by atoms with Crippen LogP contribution in [0.4, 0.5) is 5.13 Å². The van der Waals surface area contributed by atoms with Crippen LogP contribution in [0.2, 0.25) is 0 Å². The first-order valence-electron chi connectivity index (χ1n) is 5.15. The molecule has 1 heterocycles. The molecule has 0 aromatic carbocycles. The number of nitrogens with one attached hydrogen (secondary N) is 3. The van der Waals surface area contributed by atoms with Crippen molar-refractivity contribution in [2.45, 2.75) is 0 Å². The highest BCUT2D eigenvalue weighted by Gasteiger charge is 2.17. The summed E-state index contributed by atoms with van der Waals surface area (Å²) < 4.78 is 0. The monoisotopic (exact) mass is 315 g/mol. The second kappa shape index (κ2) is 8.21. The molecule has 0 bridgehead atoms. The van der Waals surface area contributed by atoms with E-state index in [4.69, 9.17) is 5.11 Å². The molecule has 1 rings (SSSR count). The van der Waals surface area contributed by atoms with E-state index < -0.39 is 24.2 Å². The largest absolute Gasteiger partial charge is 0.476 e. The summed E-state index contributed by atoms with van der Waals surface area (Å²) in [5, 5.41) is 16.0. The van der Waals surface area contributed by atoms with Crippen LogP contribution in [0.1, 0.15) is 5.69 Å². The van der Waals surface area contributed by atoms with Crippen molar-refractivity contribution >= 4 is 46.9 Å². The zero-order chi connectivity index (χ0) is 15.7. The van der Waals surface area contributed by atoms with Gasteiger partial charge in [-0.3, -0.25) is 25.2 Å².